The highest BCUT2D eigenvalue weighted by atomic mass is 35.5. The van der Waals surface area contributed by atoms with Gasteiger partial charge in [-0.1, -0.05) is 67.6 Å². The zero-order valence-corrected chi connectivity index (χ0v) is 38.0. The fourth-order valence-electron chi connectivity index (χ4n) is 9.92. The van der Waals surface area contributed by atoms with Crippen molar-refractivity contribution in [2.75, 3.05) is 23.7 Å². The first kappa shape index (κ1) is 48.1. The van der Waals surface area contributed by atoms with Crippen LogP contribution in [-0.2, 0) is 19.1 Å². The van der Waals surface area contributed by atoms with Gasteiger partial charge in [-0.15, -0.1) is 0 Å². The van der Waals surface area contributed by atoms with Gasteiger partial charge in [0.25, 0.3) is 0 Å². The molecule has 2 aromatic rings. The van der Waals surface area contributed by atoms with Crippen molar-refractivity contribution in [1.29, 1.82) is 21.6 Å². The SMILES string of the molecule is CC(=O)O[C@]1(C(C)=O)CC[C@H]2[C@@H]3C=C(Cl)C4=CC(=O)CC[C@]4(C)[C@H]3CC[C@@]21C.N=C(NCCCCCCNC(=N)NC(=N)Nc1ccc(Cl)cc1)NC(=N)Nc1ccc(Cl)cc1. The fraction of sp³-hybridized carbons (Fsp3) is 0.489. The van der Waals surface area contributed by atoms with Gasteiger partial charge in [0.2, 0.25) is 0 Å². The number of nitrogens with one attached hydrogen (secondary N) is 10. The topological polar surface area (TPSA) is 228 Å². The molecule has 334 valence electrons. The summed E-state index contributed by atoms with van der Waals surface area (Å²) in [6.07, 6.45) is 12.2. The quantitative estimate of drug-likeness (QED) is 0.0446. The Bertz CT molecular complexity index is 2020. The summed E-state index contributed by atoms with van der Waals surface area (Å²) in [6.45, 7) is 8.57. The number of fused-ring (bicyclic) bond motifs is 5. The van der Waals surface area contributed by atoms with E-state index in [9.17, 15) is 14.4 Å². The minimum absolute atomic E-state index is 0.00148. The van der Waals surface area contributed by atoms with Crippen molar-refractivity contribution in [2.45, 2.75) is 97.5 Å². The maximum atomic E-state index is 12.7. The highest BCUT2D eigenvalue weighted by Crippen LogP contribution is 2.68. The van der Waals surface area contributed by atoms with Gasteiger partial charge in [0.05, 0.1) is 0 Å². The van der Waals surface area contributed by atoms with Gasteiger partial charge in [-0.2, -0.15) is 0 Å². The summed E-state index contributed by atoms with van der Waals surface area (Å²) in [6, 6.07) is 13.9. The van der Waals surface area contributed by atoms with Gasteiger partial charge < -0.3 is 26.0 Å². The number of benzene rings is 2. The summed E-state index contributed by atoms with van der Waals surface area (Å²) in [7, 11) is 0. The van der Waals surface area contributed by atoms with Crippen LogP contribution in [0, 0.1) is 50.2 Å². The lowest BCUT2D eigenvalue weighted by Gasteiger charge is -2.57. The van der Waals surface area contributed by atoms with E-state index < -0.39 is 5.60 Å². The summed E-state index contributed by atoms with van der Waals surface area (Å²) >= 11 is 18.4. The fourth-order valence-corrected chi connectivity index (χ4v) is 10.6. The van der Waals surface area contributed by atoms with Gasteiger partial charge >= 0.3 is 5.97 Å². The first-order valence-corrected chi connectivity index (χ1v) is 22.2. The molecule has 0 amide bonds. The van der Waals surface area contributed by atoms with E-state index in [0.29, 0.717) is 58.3 Å². The van der Waals surface area contributed by atoms with Crippen molar-refractivity contribution < 1.29 is 19.1 Å². The van der Waals surface area contributed by atoms with Gasteiger partial charge in [0.1, 0.15) is 0 Å². The number of carbonyl (C=O) groups excluding carboxylic acids is 3. The number of unbranched alkanes of at least 4 members (excludes halogenated alkanes) is 3. The number of allylic oxidation sites excluding steroid dienone is 4. The summed E-state index contributed by atoms with van der Waals surface area (Å²) < 4.78 is 5.79. The Morgan fingerprint density at radius 1 is 0.710 bits per heavy atom. The molecule has 0 saturated heterocycles. The van der Waals surface area contributed by atoms with Crippen molar-refractivity contribution in [1.82, 2.24) is 21.3 Å². The van der Waals surface area contributed by atoms with E-state index in [0.717, 1.165) is 56.9 Å². The number of carbonyl (C=O) groups is 3. The van der Waals surface area contributed by atoms with E-state index >= 15 is 0 Å². The second kappa shape index (κ2) is 21.0. The number of guanidine groups is 4. The molecule has 4 aliphatic carbocycles. The molecular weight excluding hydrogens is 851 g/mol. The van der Waals surface area contributed by atoms with Crippen molar-refractivity contribution in [3.63, 3.8) is 0 Å². The van der Waals surface area contributed by atoms with Crippen molar-refractivity contribution in [3.8, 4) is 0 Å². The van der Waals surface area contributed by atoms with Gasteiger partial charge in [-0.25, -0.2) is 0 Å². The summed E-state index contributed by atoms with van der Waals surface area (Å²) in [5.41, 5.74) is 0.887. The van der Waals surface area contributed by atoms with Gasteiger partial charge in [-0.3, -0.25) is 46.7 Å². The molecule has 0 heterocycles. The Morgan fingerprint density at radius 3 is 1.69 bits per heavy atom. The van der Waals surface area contributed by atoms with Crippen LogP contribution in [0.5, 0.6) is 0 Å². The van der Waals surface area contributed by atoms with E-state index in [2.05, 4.69) is 51.8 Å². The predicted octanol–water partition coefficient (Wildman–Crippen LogP) is 8.93. The Balaban J connectivity index is 0.000000238. The van der Waals surface area contributed by atoms with Crippen LogP contribution in [0.2, 0.25) is 10.0 Å². The van der Waals surface area contributed by atoms with Gasteiger partial charge in [0, 0.05) is 58.3 Å². The standard InChI is InChI=1S/C23H29ClO4.C22H30Cl2N10/c1-13(25)23(28-14(2)26)10-7-18-16-12-20(24)19-11-15(27)5-8-21(19,3)17(16)6-9-22(18,23)4;23-15-5-9-17(10-6-15)31-21(27)33-19(25)29-13-3-1-2-4-14-30-20(26)34-22(28)32-18-11-7-16(24)8-12-18/h11-12,16-18H,5-10H2,1-4H3;5-12H,1-4,13-14H2,(H5,25,27,29,31,33)(H5,26,28,30,32,34)/t16-,17+,18+,21-,22+,23+;/m1./s1. The molecule has 4 aliphatic rings. The van der Waals surface area contributed by atoms with E-state index in [1.807, 2.05) is 0 Å². The van der Waals surface area contributed by atoms with Gasteiger partial charge in [0.15, 0.2) is 41.0 Å². The molecule has 2 aromatic carbocycles. The minimum Gasteiger partial charge on any atom is -0.451 e. The summed E-state index contributed by atoms with van der Waals surface area (Å²) in [5.74, 6) is 0.697. The van der Waals surface area contributed by atoms with Gasteiger partial charge in [-0.05, 0) is 135 Å². The summed E-state index contributed by atoms with van der Waals surface area (Å²) in [4.78, 5) is 36.6. The zero-order valence-electron chi connectivity index (χ0n) is 35.8. The lowest BCUT2D eigenvalue weighted by molar-refractivity contribution is -0.185. The number of rotatable bonds is 11. The Kier molecular flexibility index (Phi) is 16.3. The van der Waals surface area contributed by atoms with Crippen molar-refractivity contribution in [3.05, 3.63) is 81.3 Å². The number of halogens is 3. The number of hydrogen-bond donors (Lipinski definition) is 10. The Labute approximate surface area is 379 Å². The molecule has 6 rings (SSSR count). The van der Waals surface area contributed by atoms with E-state index in [1.54, 1.807) is 61.5 Å². The molecule has 2 saturated carbocycles. The largest absolute Gasteiger partial charge is 0.451 e. The van der Waals surface area contributed by atoms with Crippen molar-refractivity contribution in [2.24, 2.45) is 28.6 Å². The molecule has 17 heteroatoms. The highest BCUT2D eigenvalue weighted by Gasteiger charge is 2.67. The third-order valence-electron chi connectivity index (χ3n) is 13.0. The highest BCUT2D eigenvalue weighted by molar-refractivity contribution is 6.32. The number of anilines is 2. The van der Waals surface area contributed by atoms with Crippen LogP contribution in [0.25, 0.3) is 0 Å². The second-order valence-electron chi connectivity index (χ2n) is 17.0. The molecule has 0 aromatic heterocycles. The van der Waals surface area contributed by atoms with Crippen LogP contribution in [0.3, 0.4) is 0 Å². The predicted molar refractivity (Wildman–Crippen MR) is 248 cm³/mol. The molecule has 6 atom stereocenters. The second-order valence-corrected chi connectivity index (χ2v) is 18.3. The normalized spacial score (nSPS) is 25.7. The monoisotopic (exact) mass is 908 g/mol. The first-order chi connectivity index (χ1) is 29.4. The average Bonchev–Trinajstić information content (AvgIpc) is 3.51. The number of hydrogen-bond acceptors (Lipinski definition) is 8. The zero-order chi connectivity index (χ0) is 45.2. The molecule has 0 spiro atoms. The lowest BCUT2D eigenvalue weighted by atomic mass is 9.48. The minimum atomic E-state index is -1.03. The molecule has 2 fully saturated rings. The van der Waals surface area contributed by atoms with E-state index in [4.69, 9.17) is 61.2 Å². The maximum Gasteiger partial charge on any atom is 0.303 e. The molecule has 14 nitrogen and oxygen atoms in total. The molecule has 0 bridgehead atoms. The summed E-state index contributed by atoms with van der Waals surface area (Å²) in [5, 5.41) is 50.2. The van der Waals surface area contributed by atoms with Crippen molar-refractivity contribution >= 4 is 87.6 Å². The van der Waals surface area contributed by atoms with Crippen LogP contribution in [0.4, 0.5) is 11.4 Å². The van der Waals surface area contributed by atoms with Crippen LogP contribution in [0.1, 0.15) is 91.9 Å². The number of Topliss-reactive ketones (excluding diaryl/α,β-unsaturated/α-hetero) is 1. The third kappa shape index (κ3) is 11.6. The van der Waals surface area contributed by atoms with E-state index in [1.165, 1.54) is 6.92 Å². The molecule has 0 aliphatic heterocycles. The Morgan fingerprint density at radius 2 is 1.21 bits per heavy atom. The maximum absolute atomic E-state index is 12.7. The molecule has 10 N–H and O–H groups in total. The Hall–Kier alpha value is -4.92. The number of ether oxygens (including phenoxy) is 1. The number of esters is 1. The molecule has 0 unspecified atom stereocenters. The smallest absolute Gasteiger partial charge is 0.303 e. The van der Waals surface area contributed by atoms with E-state index in [-0.39, 0.29) is 64.0 Å². The molecule has 0 radical (unpaired) electrons. The molecule has 62 heavy (non-hydrogen) atoms. The third-order valence-corrected chi connectivity index (χ3v) is 13.8. The lowest BCUT2D eigenvalue weighted by Crippen LogP contribution is -2.58. The molecular formula is C45H59Cl3N10O4. The number of ketones is 2. The van der Waals surface area contributed by atoms with Crippen LogP contribution >= 0.6 is 34.8 Å². The average molecular weight is 910 g/mol. The first-order valence-electron chi connectivity index (χ1n) is 21.1. The van der Waals surface area contributed by atoms with Crippen LogP contribution < -0.4 is 31.9 Å². The van der Waals surface area contributed by atoms with Crippen LogP contribution in [-0.4, -0.2) is 60.1 Å². The van der Waals surface area contributed by atoms with Crippen LogP contribution in [0.15, 0.2) is 71.3 Å².